The maximum Gasteiger partial charge on any atom is 0.252 e. The molecule has 6 heterocycles. The van der Waals surface area contributed by atoms with Gasteiger partial charge < -0.3 is 28.4 Å². The zero-order valence-corrected chi connectivity index (χ0v) is 87.1. The zero-order chi connectivity index (χ0) is 98.2. The minimum atomic E-state index is -0.442. The van der Waals surface area contributed by atoms with E-state index in [0.29, 0.717) is 0 Å². The van der Waals surface area contributed by atoms with E-state index in [1.165, 1.54) is 179 Å². The third-order valence-corrected chi connectivity index (χ3v) is 35.4. The van der Waals surface area contributed by atoms with Crippen LogP contribution in [0.5, 0.6) is 0 Å². The highest BCUT2D eigenvalue weighted by Crippen LogP contribution is 2.60. The average Bonchev–Trinajstić information content (AvgIpc) is 0.777. The van der Waals surface area contributed by atoms with Crippen LogP contribution in [-0.2, 0) is 60.6 Å². The van der Waals surface area contributed by atoms with Gasteiger partial charge in [0.05, 0.1) is 0 Å². The number of benzene rings is 16. The highest BCUT2D eigenvalue weighted by molar-refractivity contribution is 7.01. The van der Waals surface area contributed by atoms with Gasteiger partial charge in [-0.25, -0.2) is 0 Å². The van der Waals surface area contributed by atoms with E-state index in [0.717, 1.165) is 115 Å². The molecular weight excluding hydrogens is 1720 g/mol. The summed E-state index contributed by atoms with van der Waals surface area (Å²) >= 11 is 0. The molecule has 0 amide bonds. The molecule has 8 heteroatoms. The number of rotatable bonds is 8. The first-order valence-electron chi connectivity index (χ1n) is 52.3. The molecule has 0 fully saturated rings. The number of hydrogen-bond acceptors (Lipinski definition) is 6. The minimum Gasteiger partial charge on any atom is -0.455 e. The Balaban J connectivity index is 0.597. The maximum absolute atomic E-state index is 7.31. The lowest BCUT2D eigenvalue weighted by molar-refractivity contribution is 0.332. The average molecular weight is 1850 g/mol. The second-order valence-electron chi connectivity index (χ2n) is 50.7. The van der Waals surface area contributed by atoms with Gasteiger partial charge in [-0.15, -0.1) is 0 Å². The van der Waals surface area contributed by atoms with Crippen LogP contribution in [-0.4, -0.2) is 13.4 Å². The quantitative estimate of drug-likeness (QED) is 0.141. The van der Waals surface area contributed by atoms with Gasteiger partial charge in [0.2, 0.25) is 0 Å². The number of furan rings is 2. The van der Waals surface area contributed by atoms with Crippen molar-refractivity contribution >= 4 is 158 Å². The van der Waals surface area contributed by atoms with Crippen molar-refractivity contribution in [1.29, 1.82) is 0 Å². The molecule has 2 aromatic heterocycles. The summed E-state index contributed by atoms with van der Waals surface area (Å²) in [7, 11) is 0. The molecule has 18 aromatic rings. The van der Waals surface area contributed by atoms with E-state index >= 15 is 0 Å². The summed E-state index contributed by atoms with van der Waals surface area (Å²) in [4.78, 5) is 10.7. The first-order valence-corrected chi connectivity index (χ1v) is 52.3. The molecule has 142 heavy (non-hydrogen) atoms. The highest BCUT2D eigenvalue weighted by Gasteiger charge is 2.52. The fraction of sp³-hybridized carbons (Fsp3) is 0.284. The number of hydrogen-bond donors (Lipinski definition) is 0. The molecule has 0 N–H and O–H groups in total. The van der Waals surface area contributed by atoms with E-state index in [2.05, 4.69) is 476 Å². The van der Waals surface area contributed by atoms with Gasteiger partial charge >= 0.3 is 0 Å². The lowest BCUT2D eigenvalue weighted by Crippen LogP contribution is -2.62. The molecule has 0 radical (unpaired) electrons. The van der Waals surface area contributed by atoms with E-state index in [1.807, 2.05) is 0 Å². The summed E-state index contributed by atoms with van der Waals surface area (Å²) in [6.45, 7) is 55.9. The van der Waals surface area contributed by atoms with Crippen molar-refractivity contribution in [2.75, 3.05) is 19.6 Å². The van der Waals surface area contributed by atoms with Crippen LogP contribution in [0.1, 0.15) is 257 Å². The van der Waals surface area contributed by atoms with E-state index in [1.54, 1.807) is 0 Å². The van der Waals surface area contributed by atoms with Gasteiger partial charge in [0, 0.05) is 112 Å². The largest absolute Gasteiger partial charge is 0.455 e. The third kappa shape index (κ3) is 13.0. The van der Waals surface area contributed by atoms with Gasteiger partial charge in [-0.05, 0) is 329 Å². The predicted octanol–water partition coefficient (Wildman–Crippen LogP) is 32.7. The molecule has 16 aromatic carbocycles. The fourth-order valence-electron chi connectivity index (χ4n) is 26.9. The van der Waals surface area contributed by atoms with Crippen molar-refractivity contribution in [1.82, 2.24) is 0 Å². The molecular formula is C134H128B2N4O2. The van der Waals surface area contributed by atoms with Crippen LogP contribution in [0.4, 0.5) is 68.2 Å². The molecule has 1 atom stereocenters. The molecule has 702 valence electrons. The Morgan fingerprint density at radius 2 is 0.627 bits per heavy atom. The zero-order valence-electron chi connectivity index (χ0n) is 87.1. The molecule has 4 aliphatic carbocycles. The monoisotopic (exact) mass is 1850 g/mol. The van der Waals surface area contributed by atoms with Crippen LogP contribution in [0.2, 0.25) is 0 Å². The van der Waals surface area contributed by atoms with Crippen molar-refractivity contribution in [3.05, 3.63) is 370 Å². The summed E-state index contributed by atoms with van der Waals surface area (Å²) < 4.78 is 14.0. The van der Waals surface area contributed by atoms with Crippen molar-refractivity contribution in [3.8, 4) is 44.5 Å². The maximum atomic E-state index is 7.31. The Labute approximate surface area is 840 Å². The van der Waals surface area contributed by atoms with Gasteiger partial charge in [-0.3, -0.25) is 0 Å². The van der Waals surface area contributed by atoms with Crippen LogP contribution in [0.3, 0.4) is 0 Å². The second-order valence-corrected chi connectivity index (χ2v) is 50.7. The van der Waals surface area contributed by atoms with Crippen molar-refractivity contribution in [3.63, 3.8) is 0 Å². The number of nitrogens with zero attached hydrogens (tertiary/aromatic N) is 4. The molecule has 6 nitrogen and oxygen atoms in total. The van der Waals surface area contributed by atoms with Crippen LogP contribution in [0.15, 0.2) is 306 Å². The van der Waals surface area contributed by atoms with Crippen molar-refractivity contribution < 1.29 is 8.83 Å². The highest BCUT2D eigenvalue weighted by atomic mass is 16.3. The Bertz CT molecular complexity index is 8510. The SMILES string of the molecule is CC(C)(C)c1ccc2c(c1)B1c3cc4c(cc3N(c3ccc(-c5cccc6c5oc5ccc(CC7(C)c8ccccc8-c8ccc(N9c%10cc(C(C)(C)C)ccc%10B%10c%11cc%12c(cc%11N(c%11ccc(-c%13cccc%14c%13oc%13ccccc%13%14)cc%11)c%11cc(C(C)(C)C)cc9c%11%10)C(C)(C)CCC%12(C)C)cc87)cc56)cc3)c3cc(C(C)(C)C)cc(c31)N2c1ccc2c(c1)C(C)(C)c1ccccc1-2)C(C)(C)CCC4(C)C. The molecule has 4 aliphatic heterocycles. The normalized spacial score (nSPS) is 17.7. The Hall–Kier alpha value is -13.6. The smallest absolute Gasteiger partial charge is 0.252 e. The van der Waals surface area contributed by atoms with E-state index in [4.69, 9.17) is 8.83 Å². The predicted molar refractivity (Wildman–Crippen MR) is 605 cm³/mol. The van der Waals surface area contributed by atoms with Crippen molar-refractivity contribution in [2.24, 2.45) is 0 Å². The lowest BCUT2D eigenvalue weighted by atomic mass is 9.32. The van der Waals surface area contributed by atoms with Gasteiger partial charge in [0.15, 0.2) is 0 Å². The molecule has 26 rings (SSSR count). The van der Waals surface area contributed by atoms with Crippen LogP contribution in [0, 0.1) is 0 Å². The van der Waals surface area contributed by atoms with E-state index in [-0.39, 0.29) is 62.2 Å². The number of anilines is 12. The lowest BCUT2D eigenvalue weighted by Gasteiger charge is -2.48. The molecule has 0 spiro atoms. The van der Waals surface area contributed by atoms with E-state index < -0.39 is 5.41 Å². The van der Waals surface area contributed by atoms with Crippen LogP contribution in [0.25, 0.3) is 88.4 Å². The van der Waals surface area contributed by atoms with Gasteiger partial charge in [0.1, 0.15) is 22.3 Å². The summed E-state index contributed by atoms with van der Waals surface area (Å²) in [5.41, 5.74) is 52.4. The van der Waals surface area contributed by atoms with Gasteiger partial charge in [0.25, 0.3) is 13.4 Å². The first kappa shape index (κ1) is 88.6. The Morgan fingerprint density at radius 1 is 0.254 bits per heavy atom. The standard InChI is InChI=1S/C134H128B2N4O2/c1-125(2,3)81-48-58-111-108(65-81)136-110-74-104-106(132(19,20)63-61-130(104,15)16)76-114(110)138(116-68-83(127(7,8)9)69-117(122(116)136)139(111)87-53-55-93-91-32-24-27-39-99(91)133(21,22)101(93)71-87)86-51-45-80(46-52-86)90-36-31-38-97-98-64-78(42-59-120(98)142-124(90)97)77-134(23)100-40-28-25-33-92(100)94-56-54-88(72-102(94)134)140-112-66-82(126(4,5)6)47-57-107(112)135-109-73-103-105(131(17,18)62-60-129(103,13)14)75-113(109)137(115-67-84(128(10,11)12)70-118(140)121(115)135)85-49-43-79(44-50-85)89-35-30-37-96-95-34-26-29-41-119(95)141-123(89)96/h24-59,64-76H,60-63,77H2,1-23H3. The second kappa shape index (κ2) is 29.8. The van der Waals surface area contributed by atoms with Gasteiger partial charge in [-0.1, -0.05) is 341 Å². The summed E-state index contributed by atoms with van der Waals surface area (Å²) in [6, 6.07) is 117. The van der Waals surface area contributed by atoms with Gasteiger partial charge in [-0.2, -0.15) is 0 Å². The number of fused-ring (bicyclic) bond motifs is 22. The molecule has 0 saturated heterocycles. The van der Waals surface area contributed by atoms with Crippen molar-refractivity contribution in [2.45, 2.75) is 245 Å². The molecule has 8 aliphatic rings. The number of para-hydroxylation sites is 3. The topological polar surface area (TPSA) is 39.2 Å². The third-order valence-electron chi connectivity index (χ3n) is 35.4. The molecule has 0 bridgehead atoms. The molecule has 1 unspecified atom stereocenters. The Kier molecular flexibility index (Phi) is 18.6. The fourth-order valence-corrected chi connectivity index (χ4v) is 26.9. The van der Waals surface area contributed by atoms with E-state index in [9.17, 15) is 0 Å². The first-order chi connectivity index (χ1) is 67.5. The van der Waals surface area contributed by atoms with Crippen LogP contribution < -0.4 is 52.4 Å². The summed E-state index contributed by atoms with van der Waals surface area (Å²) in [6.07, 6.45) is 5.27. The summed E-state index contributed by atoms with van der Waals surface area (Å²) in [5, 5.41) is 4.52. The molecule has 0 saturated carbocycles. The minimum absolute atomic E-state index is 0.0236. The summed E-state index contributed by atoms with van der Waals surface area (Å²) in [5.74, 6) is 0. The Morgan fingerprint density at radius 3 is 1.15 bits per heavy atom. The van der Waals surface area contributed by atoms with Crippen LogP contribution >= 0.6 is 0 Å².